The van der Waals surface area contributed by atoms with Gasteiger partial charge in [-0.25, -0.2) is 4.79 Å². The standard InChI is InChI=1S/C40H53N3O7/c1-2-3-9-21-50-40(47)41-35(26-29-10-5-4-6-11-29)36(44)28-32(39(46)42-38-34-13-8-7-12-31(34)27-37(38)45)25-30-14-16-33(17-15-30)49-24-20-43-18-22-48-23-19-43/h4-8,10-17,32,35-38,44-45H,2-3,9,18-28H2,1H3,(H,41,47)(H,42,46)/t32?,35?,36?,37-,38-/m0/s1. The maximum Gasteiger partial charge on any atom is 0.407 e. The number of nitrogens with zero attached hydrogens (tertiary/aromatic N) is 1. The van der Waals surface area contributed by atoms with Crippen molar-refractivity contribution in [1.82, 2.24) is 15.5 Å². The van der Waals surface area contributed by atoms with Gasteiger partial charge in [0.1, 0.15) is 12.4 Å². The quantitative estimate of drug-likeness (QED) is 0.143. The molecule has 0 saturated carbocycles. The molecule has 50 heavy (non-hydrogen) atoms. The van der Waals surface area contributed by atoms with Crippen LogP contribution in [0.15, 0.2) is 78.9 Å². The summed E-state index contributed by atoms with van der Waals surface area (Å²) in [7, 11) is 0. The van der Waals surface area contributed by atoms with Crippen LogP contribution in [0.25, 0.3) is 0 Å². The number of carbonyl (C=O) groups is 2. The first-order chi connectivity index (χ1) is 24.4. The summed E-state index contributed by atoms with van der Waals surface area (Å²) in [5.41, 5.74) is 3.77. The number of amides is 2. The minimum absolute atomic E-state index is 0.0850. The first-order valence-corrected chi connectivity index (χ1v) is 18.1. The number of aliphatic hydroxyl groups is 2. The highest BCUT2D eigenvalue weighted by Crippen LogP contribution is 2.32. The van der Waals surface area contributed by atoms with E-state index in [4.69, 9.17) is 14.2 Å². The first-order valence-electron chi connectivity index (χ1n) is 18.1. The van der Waals surface area contributed by atoms with E-state index in [1.165, 1.54) is 0 Å². The van der Waals surface area contributed by atoms with Crippen LogP contribution in [0.2, 0.25) is 0 Å². The van der Waals surface area contributed by atoms with Crippen molar-refractivity contribution < 1.29 is 34.0 Å². The molecule has 0 aromatic heterocycles. The molecule has 2 amide bonds. The summed E-state index contributed by atoms with van der Waals surface area (Å²) in [5.74, 6) is -0.173. The number of carbonyl (C=O) groups excluding carboxylic acids is 2. The lowest BCUT2D eigenvalue weighted by Gasteiger charge is -2.28. The first kappa shape index (κ1) is 37.3. The lowest BCUT2D eigenvalue weighted by atomic mass is 9.88. The topological polar surface area (TPSA) is 130 Å². The molecule has 5 atom stereocenters. The van der Waals surface area contributed by atoms with E-state index in [1.54, 1.807) is 0 Å². The van der Waals surface area contributed by atoms with E-state index in [1.807, 2.05) is 78.9 Å². The zero-order valence-electron chi connectivity index (χ0n) is 29.2. The monoisotopic (exact) mass is 687 g/mol. The fourth-order valence-electron chi connectivity index (χ4n) is 6.74. The number of nitrogens with one attached hydrogen (secondary N) is 2. The van der Waals surface area contributed by atoms with Crippen LogP contribution in [0.3, 0.4) is 0 Å². The van der Waals surface area contributed by atoms with Crippen LogP contribution in [0.5, 0.6) is 5.75 Å². The number of alkyl carbamates (subject to hydrolysis) is 1. The second-order valence-electron chi connectivity index (χ2n) is 13.4. The third-order valence-corrected chi connectivity index (χ3v) is 9.63. The number of hydrogen-bond donors (Lipinski definition) is 4. The van der Waals surface area contributed by atoms with E-state index in [2.05, 4.69) is 22.5 Å². The highest BCUT2D eigenvalue weighted by molar-refractivity contribution is 5.80. The van der Waals surface area contributed by atoms with Crippen molar-refractivity contribution >= 4 is 12.0 Å². The van der Waals surface area contributed by atoms with Crippen LogP contribution in [0.4, 0.5) is 4.79 Å². The highest BCUT2D eigenvalue weighted by Gasteiger charge is 2.35. The third-order valence-electron chi connectivity index (χ3n) is 9.63. The van der Waals surface area contributed by atoms with Crippen LogP contribution in [0.1, 0.15) is 60.9 Å². The Kier molecular flexibility index (Phi) is 14.5. The molecule has 0 radical (unpaired) electrons. The largest absolute Gasteiger partial charge is 0.492 e. The molecule has 3 aromatic rings. The minimum Gasteiger partial charge on any atom is -0.492 e. The summed E-state index contributed by atoms with van der Waals surface area (Å²) in [6.45, 7) is 7.08. The van der Waals surface area contributed by atoms with Gasteiger partial charge in [-0.15, -0.1) is 0 Å². The van der Waals surface area contributed by atoms with Crippen molar-refractivity contribution in [1.29, 1.82) is 0 Å². The number of hydrogen-bond acceptors (Lipinski definition) is 8. The predicted molar refractivity (Wildman–Crippen MR) is 192 cm³/mol. The Morgan fingerprint density at radius 1 is 0.920 bits per heavy atom. The molecule has 10 nitrogen and oxygen atoms in total. The van der Waals surface area contributed by atoms with E-state index < -0.39 is 36.3 Å². The zero-order valence-corrected chi connectivity index (χ0v) is 29.2. The lowest BCUT2D eigenvalue weighted by molar-refractivity contribution is -0.127. The zero-order chi connectivity index (χ0) is 35.1. The number of unbranched alkanes of at least 4 members (excludes halogenated alkanes) is 2. The molecule has 1 fully saturated rings. The van der Waals surface area contributed by atoms with Gasteiger partial charge in [0.2, 0.25) is 5.91 Å². The van der Waals surface area contributed by atoms with Crippen molar-refractivity contribution in [2.24, 2.45) is 5.92 Å². The van der Waals surface area contributed by atoms with Gasteiger partial charge in [0.05, 0.1) is 44.1 Å². The van der Waals surface area contributed by atoms with Gasteiger partial charge in [0.25, 0.3) is 0 Å². The molecule has 2 aliphatic rings. The SMILES string of the molecule is CCCCCOC(=O)NC(Cc1ccccc1)C(O)CC(Cc1ccc(OCCN2CCOCC2)cc1)C(=O)N[C@H]1c2ccccc2C[C@@H]1O. The molecule has 10 heteroatoms. The molecule has 3 unspecified atom stereocenters. The summed E-state index contributed by atoms with van der Waals surface area (Å²) in [6.07, 6.45) is 1.62. The van der Waals surface area contributed by atoms with Gasteiger partial charge in [-0.2, -0.15) is 0 Å². The molecule has 4 N–H and O–H groups in total. The normalized spacial score (nSPS) is 19.2. The minimum atomic E-state index is -1.06. The Morgan fingerprint density at radius 3 is 2.40 bits per heavy atom. The van der Waals surface area contributed by atoms with E-state index in [0.29, 0.717) is 32.5 Å². The lowest BCUT2D eigenvalue weighted by Crippen LogP contribution is -2.47. The number of morpholine rings is 1. The summed E-state index contributed by atoms with van der Waals surface area (Å²) in [5, 5.41) is 28.6. The molecule has 1 aliphatic carbocycles. The summed E-state index contributed by atoms with van der Waals surface area (Å²) < 4.78 is 16.9. The van der Waals surface area contributed by atoms with Crippen molar-refractivity contribution in [3.8, 4) is 5.75 Å². The number of fused-ring (bicyclic) bond motifs is 1. The van der Waals surface area contributed by atoms with E-state index >= 15 is 0 Å². The smallest absolute Gasteiger partial charge is 0.407 e. The second kappa shape index (κ2) is 19.4. The summed E-state index contributed by atoms with van der Waals surface area (Å²) >= 11 is 0. The predicted octanol–water partition coefficient (Wildman–Crippen LogP) is 4.61. The summed E-state index contributed by atoms with van der Waals surface area (Å²) in [4.78, 5) is 29.2. The Balaban J connectivity index is 1.29. The summed E-state index contributed by atoms with van der Waals surface area (Å²) in [6, 6.07) is 23.9. The Bertz CT molecular complexity index is 1470. The van der Waals surface area contributed by atoms with Crippen LogP contribution < -0.4 is 15.4 Å². The Hall–Kier alpha value is -3.96. The van der Waals surface area contributed by atoms with Crippen molar-refractivity contribution in [3.63, 3.8) is 0 Å². The molecule has 1 saturated heterocycles. The molecule has 0 spiro atoms. The fourth-order valence-corrected chi connectivity index (χ4v) is 6.74. The van der Waals surface area contributed by atoms with Gasteiger partial charge in [0.15, 0.2) is 0 Å². The number of benzene rings is 3. The van der Waals surface area contributed by atoms with Crippen LogP contribution in [-0.4, -0.2) is 91.4 Å². The third kappa shape index (κ3) is 11.3. The van der Waals surface area contributed by atoms with Gasteiger partial charge in [-0.05, 0) is 60.1 Å². The maximum atomic E-state index is 14.1. The number of aliphatic hydroxyl groups excluding tert-OH is 2. The molecule has 3 aromatic carbocycles. The highest BCUT2D eigenvalue weighted by atomic mass is 16.5. The molecule has 5 rings (SSSR count). The number of rotatable bonds is 18. The molecule has 0 bridgehead atoms. The molecule has 270 valence electrons. The van der Waals surface area contributed by atoms with Gasteiger partial charge in [-0.3, -0.25) is 9.69 Å². The molecule has 1 aliphatic heterocycles. The Morgan fingerprint density at radius 2 is 1.64 bits per heavy atom. The van der Waals surface area contributed by atoms with Crippen molar-refractivity contribution in [2.45, 2.75) is 76.2 Å². The maximum absolute atomic E-state index is 14.1. The van der Waals surface area contributed by atoms with E-state index in [0.717, 1.165) is 80.1 Å². The van der Waals surface area contributed by atoms with E-state index in [9.17, 15) is 19.8 Å². The average molecular weight is 688 g/mol. The van der Waals surface area contributed by atoms with E-state index in [-0.39, 0.29) is 12.3 Å². The average Bonchev–Trinajstić information content (AvgIpc) is 3.45. The van der Waals surface area contributed by atoms with Gasteiger partial charge >= 0.3 is 6.09 Å². The van der Waals surface area contributed by atoms with Crippen LogP contribution in [0, 0.1) is 5.92 Å². The van der Waals surface area contributed by atoms with Crippen LogP contribution in [-0.2, 0) is 33.5 Å². The fraction of sp³-hybridized carbons (Fsp3) is 0.500. The van der Waals surface area contributed by atoms with Gasteiger partial charge in [-0.1, -0.05) is 86.5 Å². The van der Waals surface area contributed by atoms with Crippen molar-refractivity contribution in [3.05, 3.63) is 101 Å². The second-order valence-corrected chi connectivity index (χ2v) is 13.4. The number of ether oxygens (including phenoxy) is 3. The molecular weight excluding hydrogens is 634 g/mol. The molecule has 1 heterocycles. The van der Waals surface area contributed by atoms with Crippen molar-refractivity contribution in [2.75, 3.05) is 46.1 Å². The Labute approximate surface area is 296 Å². The van der Waals surface area contributed by atoms with Gasteiger partial charge in [0, 0.05) is 32.0 Å². The van der Waals surface area contributed by atoms with Crippen LogP contribution >= 0.6 is 0 Å². The van der Waals surface area contributed by atoms with Gasteiger partial charge < -0.3 is 35.1 Å². The molecular formula is C40H53N3O7.